The molecule has 0 fully saturated rings. The largest absolute Gasteiger partial charge is 0.498 e. The van der Waals surface area contributed by atoms with Gasteiger partial charge in [-0.05, 0) is 31.3 Å². The summed E-state index contributed by atoms with van der Waals surface area (Å²) in [5, 5.41) is 0. The minimum absolute atomic E-state index is 0.0637. The molecule has 1 aliphatic rings. The number of carbonyl (C=O) groups is 1. The van der Waals surface area contributed by atoms with Crippen molar-refractivity contribution in [3.8, 4) is 5.75 Å². The van der Waals surface area contributed by atoms with Gasteiger partial charge < -0.3 is 9.47 Å². The van der Waals surface area contributed by atoms with Crippen molar-refractivity contribution in [1.82, 2.24) is 0 Å². The molecule has 126 valence electrons. The lowest BCUT2D eigenvalue weighted by Crippen LogP contribution is -2.15. The highest BCUT2D eigenvalue weighted by atomic mass is 19.2. The minimum Gasteiger partial charge on any atom is -0.498 e. The SMILES string of the molecule is CCCC1CCC(CCC(=O)Oc2cc(F)c(F)c(F)c2)=CO1. The average molecular weight is 328 g/mol. The van der Waals surface area contributed by atoms with Crippen molar-refractivity contribution in [2.75, 3.05) is 0 Å². The summed E-state index contributed by atoms with van der Waals surface area (Å²) in [6.07, 6.45) is 6.30. The van der Waals surface area contributed by atoms with E-state index in [4.69, 9.17) is 9.47 Å². The monoisotopic (exact) mass is 328 g/mol. The van der Waals surface area contributed by atoms with Gasteiger partial charge in [0.1, 0.15) is 5.75 Å². The molecule has 1 aromatic rings. The molecule has 1 aromatic carbocycles. The summed E-state index contributed by atoms with van der Waals surface area (Å²) in [5.74, 6) is -5.34. The number of rotatable bonds is 6. The van der Waals surface area contributed by atoms with Gasteiger partial charge in [-0.3, -0.25) is 4.79 Å². The van der Waals surface area contributed by atoms with Crippen LogP contribution < -0.4 is 4.74 Å². The smallest absolute Gasteiger partial charge is 0.311 e. The molecule has 1 unspecified atom stereocenters. The highest BCUT2D eigenvalue weighted by Gasteiger charge is 2.17. The van der Waals surface area contributed by atoms with Crippen LogP contribution in [0.3, 0.4) is 0 Å². The molecule has 1 heterocycles. The van der Waals surface area contributed by atoms with Crippen LogP contribution in [-0.4, -0.2) is 12.1 Å². The van der Waals surface area contributed by atoms with E-state index in [0.717, 1.165) is 31.3 Å². The van der Waals surface area contributed by atoms with Crippen molar-refractivity contribution < 1.29 is 27.4 Å². The zero-order valence-electron chi connectivity index (χ0n) is 12.9. The van der Waals surface area contributed by atoms with Gasteiger partial charge in [0.15, 0.2) is 17.5 Å². The van der Waals surface area contributed by atoms with Crippen molar-refractivity contribution in [2.24, 2.45) is 0 Å². The van der Waals surface area contributed by atoms with E-state index < -0.39 is 23.4 Å². The van der Waals surface area contributed by atoms with Gasteiger partial charge in [-0.15, -0.1) is 0 Å². The molecule has 0 spiro atoms. The van der Waals surface area contributed by atoms with Gasteiger partial charge in [0, 0.05) is 18.6 Å². The molecular formula is C17H19F3O3. The van der Waals surface area contributed by atoms with E-state index in [0.29, 0.717) is 18.6 Å². The highest BCUT2D eigenvalue weighted by Crippen LogP contribution is 2.24. The Kier molecular flexibility index (Phi) is 6.07. The van der Waals surface area contributed by atoms with E-state index in [9.17, 15) is 18.0 Å². The van der Waals surface area contributed by atoms with E-state index in [1.165, 1.54) is 0 Å². The summed E-state index contributed by atoms with van der Waals surface area (Å²) in [6.45, 7) is 2.10. The van der Waals surface area contributed by atoms with Crippen molar-refractivity contribution >= 4 is 5.97 Å². The lowest BCUT2D eigenvalue weighted by atomic mass is 9.99. The Labute approximate surface area is 133 Å². The Balaban J connectivity index is 1.82. The maximum absolute atomic E-state index is 13.0. The number of ether oxygens (including phenoxy) is 2. The van der Waals surface area contributed by atoms with Crippen molar-refractivity contribution in [2.45, 2.75) is 51.6 Å². The summed E-state index contributed by atoms with van der Waals surface area (Å²) in [6, 6.07) is 1.29. The fourth-order valence-corrected chi connectivity index (χ4v) is 2.42. The van der Waals surface area contributed by atoms with E-state index in [1.807, 2.05) is 0 Å². The molecule has 0 bridgehead atoms. The van der Waals surface area contributed by atoms with Crippen LogP contribution in [0, 0.1) is 17.5 Å². The molecule has 0 N–H and O–H groups in total. The highest BCUT2D eigenvalue weighted by molar-refractivity contribution is 5.72. The second-order valence-electron chi connectivity index (χ2n) is 5.54. The van der Waals surface area contributed by atoms with Crippen LogP contribution in [0.15, 0.2) is 24.0 Å². The molecule has 0 aromatic heterocycles. The van der Waals surface area contributed by atoms with Crippen LogP contribution in [-0.2, 0) is 9.53 Å². The molecular weight excluding hydrogens is 309 g/mol. The van der Waals surface area contributed by atoms with Gasteiger partial charge in [0.05, 0.1) is 12.4 Å². The van der Waals surface area contributed by atoms with Gasteiger partial charge in [-0.1, -0.05) is 13.3 Å². The summed E-state index contributed by atoms with van der Waals surface area (Å²) >= 11 is 0. The zero-order valence-corrected chi connectivity index (χ0v) is 12.9. The minimum atomic E-state index is -1.59. The molecule has 1 aliphatic heterocycles. The molecule has 2 rings (SSSR count). The normalized spacial score (nSPS) is 17.4. The molecule has 0 aliphatic carbocycles. The summed E-state index contributed by atoms with van der Waals surface area (Å²) in [4.78, 5) is 11.7. The van der Waals surface area contributed by atoms with Crippen molar-refractivity contribution in [1.29, 1.82) is 0 Å². The van der Waals surface area contributed by atoms with E-state index in [-0.39, 0.29) is 18.3 Å². The van der Waals surface area contributed by atoms with E-state index in [2.05, 4.69) is 6.92 Å². The lowest BCUT2D eigenvalue weighted by molar-refractivity contribution is -0.134. The number of benzene rings is 1. The van der Waals surface area contributed by atoms with E-state index >= 15 is 0 Å². The predicted molar refractivity (Wildman–Crippen MR) is 78.3 cm³/mol. The van der Waals surface area contributed by atoms with Gasteiger partial charge >= 0.3 is 5.97 Å². The molecule has 0 radical (unpaired) electrons. The first-order valence-electron chi connectivity index (χ1n) is 7.68. The number of esters is 1. The standard InChI is InChI=1S/C17H19F3O3/c1-2-3-12-6-4-11(10-22-12)5-7-16(21)23-13-8-14(18)17(20)15(19)9-13/h8-10,12H,2-7H2,1H3. The Morgan fingerprint density at radius 1 is 1.30 bits per heavy atom. The average Bonchev–Trinajstić information content (AvgIpc) is 2.52. The van der Waals surface area contributed by atoms with Gasteiger partial charge in [-0.2, -0.15) is 0 Å². The summed E-state index contributed by atoms with van der Waals surface area (Å²) < 4.78 is 49.3. The molecule has 3 nitrogen and oxygen atoms in total. The number of carbonyl (C=O) groups excluding carboxylic acids is 1. The van der Waals surface area contributed by atoms with Crippen LogP contribution in [0.2, 0.25) is 0 Å². The first kappa shape index (κ1) is 17.4. The van der Waals surface area contributed by atoms with Gasteiger partial charge in [0.25, 0.3) is 0 Å². The maximum Gasteiger partial charge on any atom is 0.311 e. The molecule has 0 amide bonds. The lowest BCUT2D eigenvalue weighted by Gasteiger charge is -2.22. The van der Waals surface area contributed by atoms with Crippen LogP contribution in [0.4, 0.5) is 13.2 Å². The zero-order chi connectivity index (χ0) is 16.8. The number of hydrogen-bond donors (Lipinski definition) is 0. The Hall–Kier alpha value is -1.98. The van der Waals surface area contributed by atoms with Crippen LogP contribution >= 0.6 is 0 Å². The molecule has 1 atom stereocenters. The maximum atomic E-state index is 13.0. The van der Waals surface area contributed by atoms with Gasteiger partial charge in [0.2, 0.25) is 0 Å². The second kappa shape index (κ2) is 8.04. The summed E-state index contributed by atoms with van der Waals surface area (Å²) in [7, 11) is 0. The molecule has 0 saturated heterocycles. The third kappa shape index (κ3) is 5.01. The Morgan fingerprint density at radius 3 is 2.57 bits per heavy atom. The fourth-order valence-electron chi connectivity index (χ4n) is 2.42. The third-order valence-electron chi connectivity index (χ3n) is 3.66. The first-order chi connectivity index (χ1) is 11.0. The van der Waals surface area contributed by atoms with Crippen molar-refractivity contribution in [3.63, 3.8) is 0 Å². The quantitative estimate of drug-likeness (QED) is 0.433. The second-order valence-corrected chi connectivity index (χ2v) is 5.54. The first-order valence-corrected chi connectivity index (χ1v) is 7.68. The summed E-state index contributed by atoms with van der Waals surface area (Å²) in [5.41, 5.74) is 1.01. The fraction of sp³-hybridized carbons (Fsp3) is 0.471. The van der Waals surface area contributed by atoms with E-state index in [1.54, 1.807) is 6.26 Å². The van der Waals surface area contributed by atoms with Crippen LogP contribution in [0.1, 0.15) is 45.4 Å². The van der Waals surface area contributed by atoms with Gasteiger partial charge in [-0.25, -0.2) is 13.2 Å². The van der Waals surface area contributed by atoms with Crippen molar-refractivity contribution in [3.05, 3.63) is 41.4 Å². The number of allylic oxidation sites excluding steroid dienone is 1. The Bertz CT molecular complexity index is 576. The Morgan fingerprint density at radius 2 is 2.00 bits per heavy atom. The number of halogens is 3. The molecule has 0 saturated carbocycles. The third-order valence-corrected chi connectivity index (χ3v) is 3.66. The number of hydrogen-bond acceptors (Lipinski definition) is 3. The molecule has 6 heteroatoms. The van der Waals surface area contributed by atoms with Crippen LogP contribution in [0.25, 0.3) is 0 Å². The predicted octanol–water partition coefficient (Wildman–Crippen LogP) is 4.65. The van der Waals surface area contributed by atoms with Crippen LogP contribution in [0.5, 0.6) is 5.75 Å². The molecule has 23 heavy (non-hydrogen) atoms. The topological polar surface area (TPSA) is 35.5 Å².